The number of fused-ring (bicyclic) bond motifs is 7. The Labute approximate surface area is 153 Å². The fourth-order valence-electron chi connectivity index (χ4n) is 4.37. The molecule has 1 aromatic heterocycles. The van der Waals surface area contributed by atoms with E-state index < -0.39 is 0 Å². The largest absolute Gasteiger partial charge is 0.456 e. The number of aryl methyl sites for hydroxylation is 1. The van der Waals surface area contributed by atoms with Crippen molar-refractivity contribution in [3.8, 4) is 0 Å². The Morgan fingerprint density at radius 2 is 1.42 bits per heavy atom. The fourth-order valence-corrected chi connectivity index (χ4v) is 4.37. The minimum Gasteiger partial charge on any atom is -0.456 e. The number of furan rings is 1. The van der Waals surface area contributed by atoms with Gasteiger partial charge in [0.2, 0.25) is 0 Å². The summed E-state index contributed by atoms with van der Waals surface area (Å²) in [5.74, 6) is 0. The van der Waals surface area contributed by atoms with Gasteiger partial charge in [0, 0.05) is 16.2 Å². The molecule has 5 aromatic rings. The molecule has 1 heterocycles. The van der Waals surface area contributed by atoms with Crippen molar-refractivity contribution in [2.45, 2.75) is 33.1 Å². The predicted octanol–water partition coefficient (Wildman–Crippen LogP) is 7.50. The summed E-state index contributed by atoms with van der Waals surface area (Å²) < 4.78 is 6.38. The highest BCUT2D eigenvalue weighted by Gasteiger charge is 2.21. The van der Waals surface area contributed by atoms with Crippen LogP contribution >= 0.6 is 0 Å². The van der Waals surface area contributed by atoms with Gasteiger partial charge < -0.3 is 4.42 Å². The van der Waals surface area contributed by atoms with Gasteiger partial charge in [0.1, 0.15) is 11.2 Å². The highest BCUT2D eigenvalue weighted by Crippen LogP contribution is 2.41. The van der Waals surface area contributed by atoms with Crippen LogP contribution in [0.2, 0.25) is 0 Å². The molecule has 0 saturated carbocycles. The van der Waals surface area contributed by atoms with Crippen molar-refractivity contribution >= 4 is 43.5 Å². The van der Waals surface area contributed by atoms with E-state index in [0.29, 0.717) is 0 Å². The molecule has 0 fully saturated rings. The van der Waals surface area contributed by atoms with Crippen molar-refractivity contribution in [1.29, 1.82) is 0 Å². The molecular formula is C25H22O. The van der Waals surface area contributed by atoms with Gasteiger partial charge in [0.05, 0.1) is 0 Å². The Bertz CT molecular complexity index is 1310. The predicted molar refractivity (Wildman–Crippen MR) is 112 cm³/mol. The molecule has 0 N–H and O–H groups in total. The van der Waals surface area contributed by atoms with Crippen LogP contribution < -0.4 is 0 Å². The molecule has 0 radical (unpaired) electrons. The zero-order chi connectivity index (χ0) is 18.1. The standard InChI is InChI=1S/C25H22O/c1-15-20(25(2,3)4)13-12-19-23-21(26-24(15)19)14-11-17-10-9-16-7-5-6-8-18(16)22(17)23/h5-14H,1-4H3. The zero-order valence-electron chi connectivity index (χ0n) is 15.7. The molecule has 0 aliphatic heterocycles. The summed E-state index contributed by atoms with van der Waals surface area (Å²) in [7, 11) is 0. The number of hydrogen-bond donors (Lipinski definition) is 0. The van der Waals surface area contributed by atoms with Crippen molar-refractivity contribution in [3.63, 3.8) is 0 Å². The zero-order valence-corrected chi connectivity index (χ0v) is 15.7. The average molecular weight is 338 g/mol. The molecule has 0 aliphatic rings. The second kappa shape index (κ2) is 5.11. The van der Waals surface area contributed by atoms with E-state index in [0.717, 1.165) is 11.2 Å². The summed E-state index contributed by atoms with van der Waals surface area (Å²) in [5, 5.41) is 7.56. The van der Waals surface area contributed by atoms with E-state index in [1.165, 1.54) is 43.4 Å². The van der Waals surface area contributed by atoms with Gasteiger partial charge >= 0.3 is 0 Å². The molecule has 1 nitrogen and oxygen atoms in total. The van der Waals surface area contributed by atoms with Crippen LogP contribution in [-0.2, 0) is 5.41 Å². The summed E-state index contributed by atoms with van der Waals surface area (Å²) >= 11 is 0. The molecule has 0 unspecified atom stereocenters. The topological polar surface area (TPSA) is 13.1 Å². The average Bonchev–Trinajstić information content (AvgIpc) is 3.00. The van der Waals surface area contributed by atoms with Crippen LogP contribution in [0.15, 0.2) is 65.1 Å². The van der Waals surface area contributed by atoms with Gasteiger partial charge in [-0.15, -0.1) is 0 Å². The summed E-state index contributed by atoms with van der Waals surface area (Å²) in [6, 6.07) is 21.8. The van der Waals surface area contributed by atoms with Crippen molar-refractivity contribution in [1.82, 2.24) is 0 Å². The molecule has 4 aromatic carbocycles. The second-order valence-electron chi connectivity index (χ2n) is 8.29. The molecule has 1 heteroatoms. The van der Waals surface area contributed by atoms with E-state index in [1.807, 2.05) is 0 Å². The third-order valence-electron chi connectivity index (χ3n) is 5.57. The van der Waals surface area contributed by atoms with Gasteiger partial charge in [0.25, 0.3) is 0 Å². The number of hydrogen-bond acceptors (Lipinski definition) is 1. The highest BCUT2D eigenvalue weighted by molar-refractivity contribution is 6.26. The highest BCUT2D eigenvalue weighted by atomic mass is 16.3. The first-order valence-corrected chi connectivity index (χ1v) is 9.22. The first-order chi connectivity index (χ1) is 12.4. The first-order valence-electron chi connectivity index (χ1n) is 9.22. The Balaban J connectivity index is 2.03. The first kappa shape index (κ1) is 15.5. The van der Waals surface area contributed by atoms with Crippen molar-refractivity contribution in [2.24, 2.45) is 0 Å². The Hall–Kier alpha value is -2.80. The second-order valence-corrected chi connectivity index (χ2v) is 8.29. The van der Waals surface area contributed by atoms with Crippen LogP contribution in [0.25, 0.3) is 43.5 Å². The lowest BCUT2D eigenvalue weighted by molar-refractivity contribution is 0.582. The third kappa shape index (κ3) is 2.03. The van der Waals surface area contributed by atoms with Gasteiger partial charge in [-0.3, -0.25) is 0 Å². The van der Waals surface area contributed by atoms with Crippen LogP contribution in [0.1, 0.15) is 31.9 Å². The molecule has 5 rings (SSSR count). The van der Waals surface area contributed by atoms with Gasteiger partial charge in [-0.2, -0.15) is 0 Å². The van der Waals surface area contributed by atoms with Crippen molar-refractivity contribution in [2.75, 3.05) is 0 Å². The number of benzene rings is 4. The van der Waals surface area contributed by atoms with E-state index in [1.54, 1.807) is 0 Å². The lowest BCUT2D eigenvalue weighted by Crippen LogP contribution is -2.12. The maximum Gasteiger partial charge on any atom is 0.138 e. The molecular weight excluding hydrogens is 316 g/mol. The van der Waals surface area contributed by atoms with Crippen LogP contribution in [0, 0.1) is 6.92 Å². The van der Waals surface area contributed by atoms with Crippen LogP contribution in [0.3, 0.4) is 0 Å². The molecule has 0 spiro atoms. The molecule has 0 amide bonds. The maximum absolute atomic E-state index is 6.38. The van der Waals surface area contributed by atoms with Crippen molar-refractivity contribution < 1.29 is 4.42 Å². The SMILES string of the molecule is Cc1c(C(C)(C)C)ccc2c1oc1ccc3ccc4ccccc4c3c12. The lowest BCUT2D eigenvalue weighted by atomic mass is 9.83. The Morgan fingerprint density at radius 1 is 0.692 bits per heavy atom. The van der Waals surface area contributed by atoms with E-state index in [-0.39, 0.29) is 5.41 Å². The van der Waals surface area contributed by atoms with E-state index in [9.17, 15) is 0 Å². The number of rotatable bonds is 0. The van der Waals surface area contributed by atoms with Crippen molar-refractivity contribution in [3.05, 3.63) is 71.8 Å². The van der Waals surface area contributed by atoms with Gasteiger partial charge in [-0.05, 0) is 45.7 Å². The minimum absolute atomic E-state index is 0.103. The van der Waals surface area contributed by atoms with Crippen LogP contribution in [-0.4, -0.2) is 0 Å². The molecule has 128 valence electrons. The molecule has 0 saturated heterocycles. The third-order valence-corrected chi connectivity index (χ3v) is 5.57. The maximum atomic E-state index is 6.38. The Kier molecular flexibility index (Phi) is 3.04. The molecule has 0 aliphatic carbocycles. The van der Waals surface area contributed by atoms with Gasteiger partial charge in [-0.25, -0.2) is 0 Å². The summed E-state index contributed by atoms with van der Waals surface area (Å²) in [6.07, 6.45) is 0. The smallest absolute Gasteiger partial charge is 0.138 e. The molecule has 0 atom stereocenters. The lowest BCUT2D eigenvalue weighted by Gasteiger charge is -2.21. The van der Waals surface area contributed by atoms with E-state index in [4.69, 9.17) is 4.42 Å². The monoisotopic (exact) mass is 338 g/mol. The quantitative estimate of drug-likeness (QED) is 0.266. The van der Waals surface area contributed by atoms with Crippen LogP contribution in [0.5, 0.6) is 0 Å². The molecule has 0 bridgehead atoms. The summed E-state index contributed by atoms with van der Waals surface area (Å²) in [5.41, 5.74) is 4.69. The summed E-state index contributed by atoms with van der Waals surface area (Å²) in [4.78, 5) is 0. The summed E-state index contributed by atoms with van der Waals surface area (Å²) in [6.45, 7) is 8.96. The normalized spacial score (nSPS) is 12.6. The Morgan fingerprint density at radius 3 is 2.23 bits per heavy atom. The van der Waals surface area contributed by atoms with Gasteiger partial charge in [0.15, 0.2) is 0 Å². The van der Waals surface area contributed by atoms with E-state index >= 15 is 0 Å². The van der Waals surface area contributed by atoms with Gasteiger partial charge in [-0.1, -0.05) is 75.4 Å². The van der Waals surface area contributed by atoms with Crippen LogP contribution in [0.4, 0.5) is 0 Å². The fraction of sp³-hybridized carbons (Fsp3) is 0.200. The molecule has 26 heavy (non-hydrogen) atoms. The van der Waals surface area contributed by atoms with E-state index in [2.05, 4.69) is 88.4 Å². The minimum atomic E-state index is 0.103.